The molecule has 0 spiro atoms. The molecule has 4 nitrogen and oxygen atoms in total. The molecule has 0 aliphatic heterocycles. The Morgan fingerprint density at radius 1 is 1.05 bits per heavy atom. The van der Waals surface area contributed by atoms with Crippen LogP contribution >= 0.6 is 0 Å². The zero-order valence-electron chi connectivity index (χ0n) is 12.4. The van der Waals surface area contributed by atoms with Crippen molar-refractivity contribution in [3.05, 3.63) is 0 Å². The van der Waals surface area contributed by atoms with E-state index < -0.39 is 12.0 Å². The number of Topliss-reactive ketones (excluding diaryl/α,β-unsaturated/α-hetero) is 1. The molecule has 0 fully saturated rings. The standard InChI is InChI=1S/C15H29NO3.Na.H/c1-3-4-5-6-7-8-9-10-13(17)11-12(2)14(16)15(18)19;;/h12,14H,3-11,16H2,1-2H3,(H,18,19);;/t12?,14-;;/m0../s1. The molecule has 3 N–H and O–H groups in total. The molecular weight excluding hydrogens is 265 g/mol. The van der Waals surface area contributed by atoms with E-state index in [1.165, 1.54) is 32.1 Å². The quantitative estimate of drug-likeness (QED) is 0.428. The van der Waals surface area contributed by atoms with Crippen LogP contribution < -0.4 is 5.73 Å². The summed E-state index contributed by atoms with van der Waals surface area (Å²) in [6.07, 6.45) is 9.13. The van der Waals surface area contributed by atoms with Gasteiger partial charge < -0.3 is 10.8 Å². The fourth-order valence-electron chi connectivity index (χ4n) is 2.11. The van der Waals surface area contributed by atoms with E-state index >= 15 is 0 Å². The first-order valence-electron chi connectivity index (χ1n) is 7.49. The fourth-order valence-corrected chi connectivity index (χ4v) is 2.11. The topological polar surface area (TPSA) is 80.4 Å². The van der Waals surface area contributed by atoms with Crippen LogP contribution in [0.15, 0.2) is 0 Å². The van der Waals surface area contributed by atoms with E-state index in [4.69, 9.17) is 10.8 Å². The van der Waals surface area contributed by atoms with Gasteiger partial charge in [-0.25, -0.2) is 0 Å². The van der Waals surface area contributed by atoms with Crippen LogP contribution in [0.2, 0.25) is 0 Å². The summed E-state index contributed by atoms with van der Waals surface area (Å²) in [5.74, 6) is -1.18. The molecule has 0 amide bonds. The van der Waals surface area contributed by atoms with Gasteiger partial charge in [0.2, 0.25) is 0 Å². The second-order valence-electron chi connectivity index (χ2n) is 5.46. The molecule has 0 heterocycles. The first kappa shape index (κ1) is 22.4. The number of carbonyl (C=O) groups excluding carboxylic acids is 1. The van der Waals surface area contributed by atoms with E-state index in [1.54, 1.807) is 6.92 Å². The number of unbranched alkanes of at least 4 members (excludes halogenated alkanes) is 6. The van der Waals surface area contributed by atoms with Crippen LogP contribution in [0.1, 0.15) is 71.6 Å². The zero-order chi connectivity index (χ0) is 14.7. The van der Waals surface area contributed by atoms with Crippen LogP contribution in [0.3, 0.4) is 0 Å². The Labute approximate surface area is 145 Å². The van der Waals surface area contributed by atoms with Gasteiger partial charge in [0.25, 0.3) is 0 Å². The van der Waals surface area contributed by atoms with Crippen molar-refractivity contribution in [2.75, 3.05) is 0 Å². The van der Waals surface area contributed by atoms with Gasteiger partial charge in [-0.05, 0) is 12.3 Å². The van der Waals surface area contributed by atoms with Gasteiger partial charge in [0, 0.05) is 12.8 Å². The fraction of sp³-hybridized carbons (Fsp3) is 0.867. The van der Waals surface area contributed by atoms with Gasteiger partial charge in [-0.15, -0.1) is 0 Å². The van der Waals surface area contributed by atoms with Crippen LogP contribution in [0, 0.1) is 5.92 Å². The number of aliphatic carboxylic acids is 1. The van der Waals surface area contributed by atoms with E-state index in [0.29, 0.717) is 6.42 Å². The van der Waals surface area contributed by atoms with Crippen molar-refractivity contribution >= 4 is 41.3 Å². The summed E-state index contributed by atoms with van der Waals surface area (Å²) in [6.45, 7) is 3.92. The molecule has 0 rings (SSSR count). The van der Waals surface area contributed by atoms with Gasteiger partial charge in [0.05, 0.1) is 0 Å². The Morgan fingerprint density at radius 3 is 2.05 bits per heavy atom. The minimum absolute atomic E-state index is 0. The van der Waals surface area contributed by atoms with Crippen LogP contribution in [0.5, 0.6) is 0 Å². The van der Waals surface area contributed by atoms with Gasteiger partial charge in [0.1, 0.15) is 11.8 Å². The van der Waals surface area contributed by atoms with E-state index in [9.17, 15) is 9.59 Å². The summed E-state index contributed by atoms with van der Waals surface area (Å²) in [4.78, 5) is 22.3. The maximum absolute atomic E-state index is 11.7. The first-order chi connectivity index (χ1) is 8.99. The molecule has 114 valence electrons. The Morgan fingerprint density at radius 2 is 1.55 bits per heavy atom. The predicted molar refractivity (Wildman–Crippen MR) is 84.2 cm³/mol. The van der Waals surface area contributed by atoms with Crippen molar-refractivity contribution in [1.82, 2.24) is 0 Å². The third-order valence-electron chi connectivity index (χ3n) is 3.51. The number of carbonyl (C=O) groups is 2. The molecule has 1 unspecified atom stereocenters. The van der Waals surface area contributed by atoms with Crippen LogP contribution in [-0.2, 0) is 9.59 Å². The summed E-state index contributed by atoms with van der Waals surface area (Å²) >= 11 is 0. The molecule has 0 aliphatic rings. The van der Waals surface area contributed by atoms with Crippen LogP contribution in [0.4, 0.5) is 0 Å². The maximum atomic E-state index is 11.7. The Hall–Kier alpha value is 0.100. The summed E-state index contributed by atoms with van der Waals surface area (Å²) in [5, 5.41) is 8.75. The second-order valence-corrected chi connectivity index (χ2v) is 5.46. The molecule has 2 atom stereocenters. The monoisotopic (exact) mass is 295 g/mol. The van der Waals surface area contributed by atoms with E-state index in [1.807, 2.05) is 0 Å². The summed E-state index contributed by atoms with van der Waals surface area (Å²) in [6, 6.07) is -0.932. The summed E-state index contributed by atoms with van der Waals surface area (Å²) in [5.41, 5.74) is 5.48. The number of ketones is 1. The van der Waals surface area contributed by atoms with Crippen molar-refractivity contribution in [3.8, 4) is 0 Å². The van der Waals surface area contributed by atoms with Crippen LogP contribution in [-0.4, -0.2) is 52.5 Å². The molecule has 0 bridgehead atoms. The van der Waals surface area contributed by atoms with E-state index in [-0.39, 0.29) is 47.7 Å². The van der Waals surface area contributed by atoms with Crippen molar-refractivity contribution < 1.29 is 14.7 Å². The Bertz CT molecular complexity index is 272. The van der Waals surface area contributed by atoms with E-state index in [0.717, 1.165) is 12.8 Å². The Kier molecular flexibility index (Phi) is 15.7. The molecule has 0 aromatic carbocycles. The molecule has 0 saturated carbocycles. The molecule has 0 aromatic heterocycles. The third kappa shape index (κ3) is 11.9. The molecule has 0 saturated heterocycles. The van der Waals surface area contributed by atoms with Crippen LogP contribution in [0.25, 0.3) is 0 Å². The number of rotatable bonds is 12. The van der Waals surface area contributed by atoms with Gasteiger partial charge in [0.15, 0.2) is 0 Å². The van der Waals surface area contributed by atoms with Crippen molar-refractivity contribution in [3.63, 3.8) is 0 Å². The third-order valence-corrected chi connectivity index (χ3v) is 3.51. The molecule has 5 heteroatoms. The molecule has 0 aromatic rings. The SMILES string of the molecule is CCCCCCCCCC(=O)CC(C)[C@H](N)C(=O)O.[NaH]. The van der Waals surface area contributed by atoms with Gasteiger partial charge in [-0.3, -0.25) is 9.59 Å². The van der Waals surface area contributed by atoms with Crippen molar-refractivity contribution in [2.24, 2.45) is 11.7 Å². The molecule has 0 aliphatic carbocycles. The van der Waals surface area contributed by atoms with Crippen molar-refractivity contribution in [2.45, 2.75) is 77.7 Å². The molecular formula is C15H30NNaO3. The number of nitrogens with two attached hydrogens (primary N) is 1. The van der Waals surface area contributed by atoms with Gasteiger partial charge in [-0.1, -0.05) is 52.4 Å². The minimum atomic E-state index is -1.03. The zero-order valence-corrected chi connectivity index (χ0v) is 12.4. The van der Waals surface area contributed by atoms with Crippen molar-refractivity contribution in [1.29, 1.82) is 0 Å². The number of hydrogen-bond acceptors (Lipinski definition) is 3. The summed E-state index contributed by atoms with van der Waals surface area (Å²) in [7, 11) is 0. The Balaban J connectivity index is 0. The number of carboxylic acids is 1. The predicted octanol–water partition coefficient (Wildman–Crippen LogP) is 2.49. The molecule has 0 radical (unpaired) electrons. The summed E-state index contributed by atoms with van der Waals surface area (Å²) < 4.78 is 0. The van der Waals surface area contributed by atoms with Gasteiger partial charge in [-0.2, -0.15) is 0 Å². The second kappa shape index (κ2) is 14.1. The average Bonchev–Trinajstić information content (AvgIpc) is 2.36. The molecule has 20 heavy (non-hydrogen) atoms. The normalized spacial score (nSPS) is 13.3. The average molecular weight is 295 g/mol. The van der Waals surface area contributed by atoms with Gasteiger partial charge >= 0.3 is 35.5 Å². The first-order valence-corrected chi connectivity index (χ1v) is 7.49. The number of hydrogen-bond donors (Lipinski definition) is 2. The van der Waals surface area contributed by atoms with E-state index in [2.05, 4.69) is 6.92 Å². The number of carboxylic acid groups (broad SMARTS) is 1.